The lowest BCUT2D eigenvalue weighted by atomic mass is 9.81. The first kappa shape index (κ1) is 13.1. The molecule has 3 heteroatoms. The van der Waals surface area contributed by atoms with E-state index in [1.54, 1.807) is 0 Å². The summed E-state index contributed by atoms with van der Waals surface area (Å²) in [5.74, 6) is 0.854. The van der Waals surface area contributed by atoms with E-state index in [-0.39, 0.29) is 0 Å². The molecule has 0 spiro atoms. The maximum absolute atomic E-state index is 6.07. The highest BCUT2D eigenvalue weighted by atomic mass is 16.5. The second kappa shape index (κ2) is 5.22. The van der Waals surface area contributed by atoms with Gasteiger partial charge in [-0.1, -0.05) is 6.42 Å². The Morgan fingerprint density at radius 2 is 2.42 bits per heavy atom. The summed E-state index contributed by atoms with van der Waals surface area (Å²) in [6.45, 7) is 6.22. The minimum absolute atomic E-state index is 0.435. The summed E-state index contributed by atoms with van der Waals surface area (Å²) in [6, 6.07) is 2.05. The summed E-state index contributed by atoms with van der Waals surface area (Å²) in [7, 11) is 2.24. The molecular formula is C16H24N2O. The average molecular weight is 260 g/mol. The minimum atomic E-state index is 0.435. The maximum atomic E-state index is 6.07. The van der Waals surface area contributed by atoms with E-state index in [0.29, 0.717) is 12.0 Å². The van der Waals surface area contributed by atoms with Crippen molar-refractivity contribution in [2.75, 3.05) is 26.7 Å². The van der Waals surface area contributed by atoms with E-state index in [0.717, 1.165) is 12.5 Å². The number of aryl methyl sites for hydroxylation is 1. The Morgan fingerprint density at radius 1 is 1.53 bits per heavy atom. The Balaban J connectivity index is 1.59. The first-order valence-electron chi connectivity index (χ1n) is 7.35. The van der Waals surface area contributed by atoms with Gasteiger partial charge in [0.15, 0.2) is 0 Å². The van der Waals surface area contributed by atoms with Crippen LogP contribution in [-0.4, -0.2) is 36.6 Å². The molecule has 3 nitrogen and oxygen atoms in total. The molecule has 104 valence electrons. The quantitative estimate of drug-likeness (QED) is 0.832. The summed E-state index contributed by atoms with van der Waals surface area (Å²) in [4.78, 5) is 6.66. The van der Waals surface area contributed by atoms with E-state index < -0.39 is 0 Å². The number of hydrogen-bond acceptors (Lipinski definition) is 3. The van der Waals surface area contributed by atoms with Crippen LogP contribution in [0.1, 0.15) is 30.4 Å². The summed E-state index contributed by atoms with van der Waals surface area (Å²) in [6.07, 6.45) is 7.89. The van der Waals surface area contributed by atoms with Gasteiger partial charge in [0.2, 0.25) is 0 Å². The Labute approximate surface area is 116 Å². The fourth-order valence-corrected chi connectivity index (χ4v) is 3.93. The van der Waals surface area contributed by atoms with Gasteiger partial charge in [0.1, 0.15) is 0 Å². The van der Waals surface area contributed by atoms with Gasteiger partial charge in [-0.15, -0.1) is 0 Å². The second-order valence-electron chi connectivity index (χ2n) is 6.44. The largest absolute Gasteiger partial charge is 0.376 e. The van der Waals surface area contributed by atoms with Crippen molar-refractivity contribution >= 4 is 0 Å². The van der Waals surface area contributed by atoms with Crippen LogP contribution in [0.15, 0.2) is 18.5 Å². The second-order valence-corrected chi connectivity index (χ2v) is 6.44. The predicted molar refractivity (Wildman–Crippen MR) is 75.9 cm³/mol. The fourth-order valence-electron chi connectivity index (χ4n) is 3.93. The molecule has 1 aliphatic carbocycles. The van der Waals surface area contributed by atoms with E-state index >= 15 is 0 Å². The van der Waals surface area contributed by atoms with Crippen molar-refractivity contribution in [1.82, 2.24) is 9.88 Å². The van der Waals surface area contributed by atoms with Gasteiger partial charge in [-0.2, -0.15) is 0 Å². The molecule has 1 saturated heterocycles. The van der Waals surface area contributed by atoms with Gasteiger partial charge in [0, 0.05) is 30.9 Å². The van der Waals surface area contributed by atoms with Crippen LogP contribution in [-0.2, 0) is 11.3 Å². The zero-order valence-electron chi connectivity index (χ0n) is 12.1. The molecule has 2 fully saturated rings. The van der Waals surface area contributed by atoms with Gasteiger partial charge in [0.05, 0.1) is 13.2 Å². The summed E-state index contributed by atoms with van der Waals surface area (Å²) >= 11 is 0. The third-order valence-electron chi connectivity index (χ3n) is 5.00. The van der Waals surface area contributed by atoms with Crippen molar-refractivity contribution in [3.63, 3.8) is 0 Å². The van der Waals surface area contributed by atoms with Crippen molar-refractivity contribution in [3.8, 4) is 0 Å². The predicted octanol–water partition coefficient (Wildman–Crippen LogP) is 2.64. The van der Waals surface area contributed by atoms with E-state index in [2.05, 4.69) is 29.9 Å². The third kappa shape index (κ3) is 2.54. The van der Waals surface area contributed by atoms with Crippen molar-refractivity contribution in [1.29, 1.82) is 0 Å². The fraction of sp³-hybridized carbons (Fsp3) is 0.688. The number of likely N-dealkylation sites (tertiary alicyclic amines) is 1. The Kier molecular flexibility index (Phi) is 3.59. The molecule has 1 aromatic rings. The highest BCUT2D eigenvalue weighted by molar-refractivity contribution is 5.20. The first-order chi connectivity index (χ1) is 9.20. The molecule has 0 N–H and O–H groups in total. The normalized spacial score (nSPS) is 30.7. The van der Waals surface area contributed by atoms with E-state index in [4.69, 9.17) is 4.74 Å². The summed E-state index contributed by atoms with van der Waals surface area (Å²) < 4.78 is 6.07. The van der Waals surface area contributed by atoms with Gasteiger partial charge in [-0.05, 0) is 49.9 Å². The molecule has 2 heterocycles. The Hall–Kier alpha value is -0.930. The maximum Gasteiger partial charge on any atom is 0.0734 e. The Morgan fingerprint density at radius 3 is 3.26 bits per heavy atom. The highest BCUT2D eigenvalue weighted by Crippen LogP contribution is 2.48. The standard InChI is InChI=1S/C16H24N2O/c1-13-5-7-17-8-14(13)10-19-12-16-6-3-4-15(16)9-18(2)11-16/h5,7-8,15H,3-4,6,9-12H2,1-2H3/t15-,16+/m0/s1. The zero-order valence-corrected chi connectivity index (χ0v) is 12.1. The molecule has 1 saturated carbocycles. The molecule has 0 unspecified atom stereocenters. The molecule has 3 rings (SSSR count). The van der Waals surface area contributed by atoms with Crippen molar-refractivity contribution in [3.05, 3.63) is 29.6 Å². The van der Waals surface area contributed by atoms with Crippen LogP contribution in [0, 0.1) is 18.3 Å². The average Bonchev–Trinajstić information content (AvgIpc) is 2.87. The molecule has 2 atom stereocenters. The van der Waals surface area contributed by atoms with Gasteiger partial charge >= 0.3 is 0 Å². The van der Waals surface area contributed by atoms with Crippen LogP contribution in [0.25, 0.3) is 0 Å². The smallest absolute Gasteiger partial charge is 0.0734 e. The molecule has 0 bridgehead atoms. The van der Waals surface area contributed by atoms with Crippen LogP contribution >= 0.6 is 0 Å². The van der Waals surface area contributed by atoms with E-state index in [9.17, 15) is 0 Å². The monoisotopic (exact) mass is 260 g/mol. The van der Waals surface area contributed by atoms with Gasteiger partial charge < -0.3 is 9.64 Å². The highest BCUT2D eigenvalue weighted by Gasteiger charge is 2.48. The zero-order chi connectivity index (χ0) is 13.3. The lowest BCUT2D eigenvalue weighted by Crippen LogP contribution is -2.31. The van der Waals surface area contributed by atoms with E-state index in [1.165, 1.54) is 43.5 Å². The minimum Gasteiger partial charge on any atom is -0.376 e. The van der Waals surface area contributed by atoms with Crippen LogP contribution in [0.3, 0.4) is 0 Å². The van der Waals surface area contributed by atoms with E-state index in [1.807, 2.05) is 12.4 Å². The molecule has 19 heavy (non-hydrogen) atoms. The first-order valence-corrected chi connectivity index (χ1v) is 7.35. The third-order valence-corrected chi connectivity index (χ3v) is 5.00. The SMILES string of the molecule is Cc1ccncc1COC[C@]12CCC[C@H]1CN(C)C2. The van der Waals surface area contributed by atoms with Crippen LogP contribution in [0.4, 0.5) is 0 Å². The Bertz CT molecular complexity index is 448. The van der Waals surface area contributed by atoms with Crippen molar-refractivity contribution in [2.24, 2.45) is 11.3 Å². The number of ether oxygens (including phenoxy) is 1. The molecule has 0 amide bonds. The van der Waals surface area contributed by atoms with Crippen LogP contribution < -0.4 is 0 Å². The van der Waals surface area contributed by atoms with Crippen molar-refractivity contribution < 1.29 is 4.74 Å². The van der Waals surface area contributed by atoms with Gasteiger partial charge in [0.25, 0.3) is 0 Å². The number of fused-ring (bicyclic) bond motifs is 1. The van der Waals surface area contributed by atoms with Gasteiger partial charge in [-0.25, -0.2) is 0 Å². The number of pyridine rings is 1. The lowest BCUT2D eigenvalue weighted by molar-refractivity contribution is 0.0275. The van der Waals surface area contributed by atoms with Gasteiger partial charge in [-0.3, -0.25) is 4.98 Å². The van der Waals surface area contributed by atoms with Crippen LogP contribution in [0.2, 0.25) is 0 Å². The van der Waals surface area contributed by atoms with Crippen LogP contribution in [0.5, 0.6) is 0 Å². The number of hydrogen-bond donors (Lipinski definition) is 0. The number of nitrogens with zero attached hydrogens (tertiary/aromatic N) is 2. The van der Waals surface area contributed by atoms with Crippen molar-refractivity contribution in [2.45, 2.75) is 32.8 Å². The molecule has 1 aliphatic heterocycles. The molecular weight excluding hydrogens is 236 g/mol. The topological polar surface area (TPSA) is 25.4 Å². The number of aromatic nitrogens is 1. The molecule has 0 aromatic carbocycles. The number of rotatable bonds is 4. The molecule has 2 aliphatic rings. The molecule has 0 radical (unpaired) electrons. The lowest BCUT2D eigenvalue weighted by Gasteiger charge is -2.28. The summed E-state index contributed by atoms with van der Waals surface area (Å²) in [5.41, 5.74) is 2.93. The summed E-state index contributed by atoms with van der Waals surface area (Å²) in [5, 5.41) is 0. The molecule has 1 aromatic heterocycles.